The van der Waals surface area contributed by atoms with Crippen LogP contribution < -0.4 is 21.5 Å². The van der Waals surface area contributed by atoms with Crippen LogP contribution in [0.2, 0.25) is 5.02 Å². The van der Waals surface area contributed by atoms with Crippen LogP contribution in [0.15, 0.2) is 71.8 Å². The molecule has 0 radical (unpaired) electrons. The summed E-state index contributed by atoms with van der Waals surface area (Å²) in [6, 6.07) is 13.1. The van der Waals surface area contributed by atoms with Crippen LogP contribution in [0, 0.1) is 0 Å². The highest BCUT2D eigenvalue weighted by molar-refractivity contribution is 6.30. The molecule has 0 unspecified atom stereocenters. The van der Waals surface area contributed by atoms with Crippen LogP contribution in [-0.2, 0) is 9.59 Å². The highest BCUT2D eigenvalue weighted by Gasteiger charge is 2.24. The Morgan fingerprint density at radius 1 is 1.06 bits per heavy atom. The first-order valence-corrected chi connectivity index (χ1v) is 11.5. The monoisotopic (exact) mass is 510 g/mol. The number of aromatic nitrogens is 2. The van der Waals surface area contributed by atoms with Crippen molar-refractivity contribution in [3.63, 3.8) is 0 Å². The van der Waals surface area contributed by atoms with Crippen molar-refractivity contribution >= 4 is 35.1 Å². The Hall–Kier alpha value is -4.02. The fourth-order valence-electron chi connectivity index (χ4n) is 3.22. The van der Waals surface area contributed by atoms with Gasteiger partial charge in [0.05, 0.1) is 11.4 Å². The minimum absolute atomic E-state index is 0.203. The number of pyridine rings is 2. The molecule has 0 fully saturated rings. The van der Waals surface area contributed by atoms with Crippen LogP contribution in [0.5, 0.6) is 0 Å². The van der Waals surface area contributed by atoms with E-state index in [1.54, 1.807) is 48.7 Å². The molecule has 0 spiro atoms. The molecule has 3 rings (SSSR count). The molecular weight excluding hydrogens is 484 g/mol. The minimum atomic E-state index is -1.12. The van der Waals surface area contributed by atoms with Crippen molar-refractivity contribution in [3.05, 3.63) is 87.9 Å². The second kappa shape index (κ2) is 12.6. The number of hydrogen-bond donors (Lipinski definition) is 3. The van der Waals surface area contributed by atoms with E-state index in [1.807, 2.05) is 19.0 Å². The number of hydrogen-bond acceptors (Lipinski definition) is 6. The topological polar surface area (TPSA) is 125 Å². The lowest BCUT2D eigenvalue weighted by Crippen LogP contribution is -2.49. The van der Waals surface area contributed by atoms with Gasteiger partial charge in [0.15, 0.2) is 0 Å². The first-order chi connectivity index (χ1) is 17.2. The molecule has 1 aromatic carbocycles. The van der Waals surface area contributed by atoms with E-state index < -0.39 is 23.8 Å². The van der Waals surface area contributed by atoms with Gasteiger partial charge >= 0.3 is 0 Å². The van der Waals surface area contributed by atoms with E-state index in [2.05, 4.69) is 20.9 Å². The fraction of sp³-hybridized carbons (Fsp3) is 0.240. The number of nitrogens with one attached hydrogen (secondary N) is 3. The average molecular weight is 511 g/mol. The molecule has 3 amide bonds. The molecule has 188 valence electrons. The summed E-state index contributed by atoms with van der Waals surface area (Å²) in [5.41, 5.74) is 0.656. The second-order valence-corrected chi connectivity index (χ2v) is 8.63. The highest BCUT2D eigenvalue weighted by atomic mass is 35.5. The summed E-state index contributed by atoms with van der Waals surface area (Å²) in [5, 5.41) is 8.38. The highest BCUT2D eigenvalue weighted by Crippen LogP contribution is 2.11. The van der Waals surface area contributed by atoms with Crippen LogP contribution in [0.3, 0.4) is 0 Å². The third-order valence-electron chi connectivity index (χ3n) is 5.09. The number of nitrogens with zero attached hydrogens (tertiary/aromatic N) is 3. The maximum absolute atomic E-state index is 12.9. The van der Waals surface area contributed by atoms with Gasteiger partial charge in [0.1, 0.15) is 11.9 Å². The molecule has 0 saturated heterocycles. The van der Waals surface area contributed by atoms with E-state index in [0.717, 1.165) is 0 Å². The molecule has 11 heteroatoms. The summed E-state index contributed by atoms with van der Waals surface area (Å²) in [4.78, 5) is 56.2. The average Bonchev–Trinajstić information content (AvgIpc) is 2.85. The van der Waals surface area contributed by atoms with Gasteiger partial charge in [0, 0.05) is 42.8 Å². The molecule has 2 heterocycles. The van der Waals surface area contributed by atoms with Crippen molar-refractivity contribution in [2.45, 2.75) is 12.5 Å². The predicted octanol–water partition coefficient (Wildman–Crippen LogP) is 1.69. The van der Waals surface area contributed by atoms with E-state index in [1.165, 1.54) is 22.9 Å². The van der Waals surface area contributed by atoms with Crippen molar-refractivity contribution in [1.29, 1.82) is 0 Å². The van der Waals surface area contributed by atoms with Crippen LogP contribution >= 0.6 is 11.6 Å². The number of likely N-dealkylation sites (N-methyl/N-ethyl adjacent to an activating group) is 1. The smallest absolute Gasteiger partial charge is 0.255 e. The van der Waals surface area contributed by atoms with Crippen LogP contribution in [0.4, 0.5) is 5.82 Å². The first-order valence-electron chi connectivity index (χ1n) is 11.2. The fourth-order valence-corrected chi connectivity index (χ4v) is 3.33. The molecular formula is C25H27ClN6O4. The molecule has 2 aromatic heterocycles. The van der Waals surface area contributed by atoms with Crippen molar-refractivity contribution in [2.75, 3.05) is 32.5 Å². The quantitative estimate of drug-likeness (QED) is 0.381. The largest absolute Gasteiger partial charge is 0.353 e. The van der Waals surface area contributed by atoms with Gasteiger partial charge in [0.25, 0.3) is 11.5 Å². The maximum Gasteiger partial charge on any atom is 0.255 e. The summed E-state index contributed by atoms with van der Waals surface area (Å²) in [6.45, 7) is 0.937. The minimum Gasteiger partial charge on any atom is -0.353 e. The Morgan fingerprint density at radius 3 is 2.44 bits per heavy atom. The van der Waals surface area contributed by atoms with E-state index >= 15 is 0 Å². The summed E-state index contributed by atoms with van der Waals surface area (Å²) < 4.78 is 1.44. The normalized spacial score (nSPS) is 11.6. The lowest BCUT2D eigenvalue weighted by molar-refractivity contribution is -0.126. The molecule has 0 aliphatic rings. The lowest BCUT2D eigenvalue weighted by atomic mass is 10.1. The Bertz CT molecular complexity index is 1260. The van der Waals surface area contributed by atoms with Crippen molar-refractivity contribution in [3.8, 4) is 5.69 Å². The summed E-state index contributed by atoms with van der Waals surface area (Å²) in [6.07, 6.45) is 2.71. The molecule has 36 heavy (non-hydrogen) atoms. The van der Waals surface area contributed by atoms with Gasteiger partial charge in [-0.05, 0) is 56.6 Å². The molecule has 0 aliphatic carbocycles. The Labute approximate surface area is 213 Å². The molecule has 3 N–H and O–H groups in total. The van der Waals surface area contributed by atoms with Gasteiger partial charge in [-0.3, -0.25) is 23.7 Å². The summed E-state index contributed by atoms with van der Waals surface area (Å²) >= 11 is 5.82. The van der Waals surface area contributed by atoms with Crippen molar-refractivity contribution in [2.24, 2.45) is 0 Å². The lowest BCUT2D eigenvalue weighted by Gasteiger charge is -2.19. The molecule has 0 saturated carbocycles. The number of amides is 3. The number of carbonyl (C=O) groups is 3. The van der Waals surface area contributed by atoms with E-state index in [0.29, 0.717) is 23.8 Å². The zero-order valence-electron chi connectivity index (χ0n) is 19.9. The Balaban J connectivity index is 1.71. The van der Waals surface area contributed by atoms with Gasteiger partial charge in [-0.25, -0.2) is 4.98 Å². The molecule has 10 nitrogen and oxygen atoms in total. The molecule has 3 aromatic rings. The Kier molecular flexibility index (Phi) is 9.32. The predicted molar refractivity (Wildman–Crippen MR) is 137 cm³/mol. The number of halogens is 1. The van der Waals surface area contributed by atoms with Crippen LogP contribution in [0.25, 0.3) is 5.69 Å². The maximum atomic E-state index is 12.9. The molecule has 1 atom stereocenters. The Morgan fingerprint density at radius 2 is 1.81 bits per heavy atom. The first kappa shape index (κ1) is 26.6. The molecule has 0 aliphatic heterocycles. The van der Waals surface area contributed by atoms with Gasteiger partial charge < -0.3 is 20.9 Å². The number of carbonyl (C=O) groups excluding carboxylic acids is 3. The zero-order chi connectivity index (χ0) is 26.1. The number of benzene rings is 1. The van der Waals surface area contributed by atoms with Gasteiger partial charge in [-0.15, -0.1) is 0 Å². The van der Waals surface area contributed by atoms with Crippen molar-refractivity contribution in [1.82, 2.24) is 25.1 Å². The van der Waals surface area contributed by atoms with Gasteiger partial charge in [0.2, 0.25) is 11.8 Å². The number of anilines is 1. The third kappa shape index (κ3) is 7.76. The molecule has 0 bridgehead atoms. The van der Waals surface area contributed by atoms with E-state index in [9.17, 15) is 19.2 Å². The SMILES string of the molecule is CN(C)CCNC(=O)[C@H](CC(=O)Nc1ccc(Cl)cn1)NC(=O)c1ccc(-n2ccccc2=O)cc1. The summed E-state index contributed by atoms with van der Waals surface area (Å²) in [7, 11) is 3.73. The van der Waals surface area contributed by atoms with Gasteiger partial charge in [-0.1, -0.05) is 17.7 Å². The van der Waals surface area contributed by atoms with Crippen molar-refractivity contribution < 1.29 is 14.4 Å². The van der Waals surface area contributed by atoms with E-state index in [4.69, 9.17) is 11.6 Å². The second-order valence-electron chi connectivity index (χ2n) is 8.19. The van der Waals surface area contributed by atoms with E-state index in [-0.39, 0.29) is 23.4 Å². The van der Waals surface area contributed by atoms with Crippen LogP contribution in [0.1, 0.15) is 16.8 Å². The van der Waals surface area contributed by atoms with Crippen LogP contribution in [-0.4, -0.2) is 65.4 Å². The zero-order valence-corrected chi connectivity index (χ0v) is 20.7. The third-order valence-corrected chi connectivity index (χ3v) is 5.32. The standard InChI is InChI=1S/C25H27ClN6O4/c1-31(2)14-12-27-25(36)20(15-22(33)30-21-11-8-18(26)16-28-21)29-24(35)17-6-9-19(10-7-17)32-13-4-3-5-23(32)34/h3-11,13,16,20H,12,14-15H2,1-2H3,(H,27,36)(H,29,35)(H,28,30,33)/t20-/m0/s1. The number of rotatable bonds is 10. The summed E-state index contributed by atoms with van der Waals surface area (Å²) in [5.74, 6) is -1.25. The van der Waals surface area contributed by atoms with Gasteiger partial charge in [-0.2, -0.15) is 0 Å².